The molecule has 1 N–H and O–H groups in total. The van der Waals surface area contributed by atoms with Crippen LogP contribution in [0.25, 0.3) is 11.0 Å². The minimum absolute atomic E-state index is 0.136. The molecule has 0 saturated carbocycles. The summed E-state index contributed by atoms with van der Waals surface area (Å²) >= 11 is 0. The van der Waals surface area contributed by atoms with E-state index in [0.29, 0.717) is 34.1 Å². The number of fused-ring (bicyclic) bond motifs is 1. The van der Waals surface area contributed by atoms with Gasteiger partial charge in [0, 0.05) is 12.3 Å². The lowest BCUT2D eigenvalue weighted by atomic mass is 10.1. The van der Waals surface area contributed by atoms with Crippen LogP contribution in [0.15, 0.2) is 63.9 Å². The fourth-order valence-corrected chi connectivity index (χ4v) is 3.58. The molecule has 4 aromatic rings. The molecule has 8 heteroatoms. The van der Waals surface area contributed by atoms with E-state index in [1.54, 1.807) is 49.5 Å². The zero-order valence-electron chi connectivity index (χ0n) is 17.8. The summed E-state index contributed by atoms with van der Waals surface area (Å²) in [6.45, 7) is 1.78. The smallest absolute Gasteiger partial charge is 0.262 e. The van der Waals surface area contributed by atoms with Gasteiger partial charge in [-0.15, -0.1) is 0 Å². The maximum Gasteiger partial charge on any atom is 0.262 e. The van der Waals surface area contributed by atoms with Crippen LogP contribution in [0.5, 0.6) is 11.5 Å². The zero-order valence-corrected chi connectivity index (χ0v) is 17.8. The van der Waals surface area contributed by atoms with Crippen molar-refractivity contribution in [2.75, 3.05) is 19.5 Å². The average Bonchev–Trinajstić information content (AvgIpc) is 3.12. The number of hydrogen-bond donors (Lipinski definition) is 1. The maximum absolute atomic E-state index is 13.5. The summed E-state index contributed by atoms with van der Waals surface area (Å²) in [4.78, 5) is 26.3. The number of nitrogens with zero attached hydrogens (tertiary/aromatic N) is 1. The summed E-state index contributed by atoms with van der Waals surface area (Å²) in [6.07, 6.45) is 1.56. The van der Waals surface area contributed by atoms with Crippen molar-refractivity contribution in [3.8, 4) is 11.5 Å². The Morgan fingerprint density at radius 1 is 1.12 bits per heavy atom. The van der Waals surface area contributed by atoms with Crippen LogP contribution in [0.2, 0.25) is 0 Å². The molecule has 32 heavy (non-hydrogen) atoms. The van der Waals surface area contributed by atoms with Crippen molar-refractivity contribution in [3.05, 3.63) is 87.8 Å². The first kappa shape index (κ1) is 21.2. The van der Waals surface area contributed by atoms with Gasteiger partial charge in [-0.1, -0.05) is 12.1 Å². The molecule has 0 radical (unpaired) electrons. The van der Waals surface area contributed by atoms with Crippen molar-refractivity contribution in [3.63, 3.8) is 0 Å². The van der Waals surface area contributed by atoms with E-state index in [9.17, 15) is 14.0 Å². The van der Waals surface area contributed by atoms with Crippen LogP contribution >= 0.6 is 0 Å². The summed E-state index contributed by atoms with van der Waals surface area (Å²) in [5.41, 5.74) is 1.07. The highest BCUT2D eigenvalue weighted by Crippen LogP contribution is 2.31. The molecular formula is C24H21FN2O5. The number of methoxy groups -OCH3 is 2. The van der Waals surface area contributed by atoms with Crippen LogP contribution in [0.3, 0.4) is 0 Å². The number of hydrogen-bond acceptors (Lipinski definition) is 5. The number of rotatable bonds is 6. The third-order valence-corrected chi connectivity index (χ3v) is 5.12. The van der Waals surface area contributed by atoms with Crippen molar-refractivity contribution < 1.29 is 23.1 Å². The molecule has 4 rings (SSSR count). The van der Waals surface area contributed by atoms with E-state index in [1.807, 2.05) is 0 Å². The number of nitrogens with one attached hydrogen (secondary N) is 1. The van der Waals surface area contributed by atoms with Gasteiger partial charge >= 0.3 is 0 Å². The van der Waals surface area contributed by atoms with E-state index in [0.717, 1.165) is 0 Å². The molecule has 0 bridgehead atoms. The second-order valence-electron chi connectivity index (χ2n) is 7.17. The lowest BCUT2D eigenvalue weighted by molar-refractivity contribution is 0.102. The molecule has 1 amide bonds. The Kier molecular flexibility index (Phi) is 5.68. The first-order chi connectivity index (χ1) is 15.4. The molecule has 2 aromatic heterocycles. The summed E-state index contributed by atoms with van der Waals surface area (Å²) in [7, 11) is 3.01. The fraction of sp³-hybridized carbons (Fsp3) is 0.167. The largest absolute Gasteiger partial charge is 0.497 e. The number of amides is 1. The van der Waals surface area contributed by atoms with Crippen LogP contribution < -0.4 is 20.3 Å². The van der Waals surface area contributed by atoms with E-state index >= 15 is 0 Å². The van der Waals surface area contributed by atoms with Crippen LogP contribution in [0.4, 0.5) is 10.1 Å². The van der Waals surface area contributed by atoms with Gasteiger partial charge in [0.25, 0.3) is 11.5 Å². The molecule has 0 atom stereocenters. The number of anilines is 1. The van der Waals surface area contributed by atoms with Gasteiger partial charge in [-0.25, -0.2) is 4.39 Å². The van der Waals surface area contributed by atoms with Crippen LogP contribution in [-0.2, 0) is 6.54 Å². The number of halogens is 1. The Morgan fingerprint density at radius 3 is 2.66 bits per heavy atom. The molecule has 0 aliphatic carbocycles. The lowest BCUT2D eigenvalue weighted by Gasteiger charge is -2.11. The highest BCUT2D eigenvalue weighted by Gasteiger charge is 2.23. The Morgan fingerprint density at radius 2 is 1.94 bits per heavy atom. The van der Waals surface area contributed by atoms with Crippen molar-refractivity contribution in [2.45, 2.75) is 13.5 Å². The second kappa shape index (κ2) is 8.58. The number of ether oxygens (including phenoxy) is 2. The Balaban J connectivity index is 1.73. The maximum atomic E-state index is 13.5. The predicted molar refractivity (Wildman–Crippen MR) is 118 cm³/mol. The van der Waals surface area contributed by atoms with Crippen molar-refractivity contribution in [1.29, 1.82) is 0 Å². The molecule has 0 saturated heterocycles. The summed E-state index contributed by atoms with van der Waals surface area (Å²) < 4.78 is 31.1. The quantitative estimate of drug-likeness (QED) is 0.486. The molecule has 0 unspecified atom stereocenters. The van der Waals surface area contributed by atoms with E-state index in [-0.39, 0.29) is 23.3 Å². The van der Waals surface area contributed by atoms with E-state index in [2.05, 4.69) is 5.32 Å². The van der Waals surface area contributed by atoms with Gasteiger partial charge in [0.1, 0.15) is 28.7 Å². The van der Waals surface area contributed by atoms with Crippen molar-refractivity contribution in [1.82, 2.24) is 4.57 Å². The molecule has 0 aliphatic rings. The number of carbonyl (C=O) groups excluding carboxylic acids is 1. The van der Waals surface area contributed by atoms with E-state index in [4.69, 9.17) is 13.9 Å². The first-order valence-corrected chi connectivity index (χ1v) is 9.81. The first-order valence-electron chi connectivity index (χ1n) is 9.81. The van der Waals surface area contributed by atoms with Gasteiger partial charge < -0.3 is 23.8 Å². The van der Waals surface area contributed by atoms with E-state index < -0.39 is 11.5 Å². The number of aryl methyl sites for hydroxylation is 1. The minimum Gasteiger partial charge on any atom is -0.497 e. The third kappa shape index (κ3) is 3.94. The molecule has 0 fully saturated rings. The lowest BCUT2D eigenvalue weighted by Crippen LogP contribution is -2.22. The zero-order chi connectivity index (χ0) is 22.8. The van der Waals surface area contributed by atoms with Gasteiger partial charge in [0.2, 0.25) is 0 Å². The predicted octanol–water partition coefficient (Wildman–Crippen LogP) is 4.36. The summed E-state index contributed by atoms with van der Waals surface area (Å²) in [5, 5.41) is 2.93. The van der Waals surface area contributed by atoms with Crippen LogP contribution in [0, 0.1) is 12.7 Å². The monoisotopic (exact) mass is 436 g/mol. The normalized spacial score (nSPS) is 10.9. The Hall–Kier alpha value is -4.07. The van der Waals surface area contributed by atoms with Crippen molar-refractivity contribution in [2.24, 2.45) is 0 Å². The Bertz CT molecular complexity index is 1370. The molecule has 2 heterocycles. The van der Waals surface area contributed by atoms with Crippen molar-refractivity contribution >= 4 is 22.6 Å². The number of pyridine rings is 1. The van der Waals surface area contributed by atoms with Crippen LogP contribution in [0.1, 0.15) is 21.7 Å². The number of aromatic nitrogens is 1. The summed E-state index contributed by atoms with van der Waals surface area (Å²) in [6, 6.07) is 12.6. The van der Waals surface area contributed by atoms with Gasteiger partial charge in [-0.05, 0) is 42.8 Å². The fourth-order valence-electron chi connectivity index (χ4n) is 3.58. The minimum atomic E-state index is -0.509. The summed E-state index contributed by atoms with van der Waals surface area (Å²) in [5.74, 6) is 0.400. The molecule has 164 valence electrons. The molecular weight excluding hydrogens is 415 g/mol. The van der Waals surface area contributed by atoms with Gasteiger partial charge in [-0.3, -0.25) is 9.59 Å². The topological polar surface area (TPSA) is 82.7 Å². The average molecular weight is 436 g/mol. The number of carbonyl (C=O) groups is 1. The van der Waals surface area contributed by atoms with Gasteiger partial charge in [-0.2, -0.15) is 0 Å². The molecule has 7 nitrogen and oxygen atoms in total. The SMILES string of the molecule is COc1ccc(NC(=O)c2c(C)oc3ccn(Cc4cccc(F)c4)c(=O)c23)c(OC)c1. The molecule has 0 aliphatic heterocycles. The number of furan rings is 1. The molecule has 2 aromatic carbocycles. The number of benzene rings is 2. The van der Waals surface area contributed by atoms with Gasteiger partial charge in [0.15, 0.2) is 0 Å². The highest BCUT2D eigenvalue weighted by atomic mass is 19.1. The van der Waals surface area contributed by atoms with Crippen LogP contribution in [-0.4, -0.2) is 24.7 Å². The van der Waals surface area contributed by atoms with E-state index in [1.165, 1.54) is 30.9 Å². The molecule has 0 spiro atoms. The second-order valence-corrected chi connectivity index (χ2v) is 7.17. The van der Waals surface area contributed by atoms with Gasteiger partial charge in [0.05, 0.1) is 37.4 Å². The highest BCUT2D eigenvalue weighted by molar-refractivity contribution is 6.13. The Labute approximate surface area is 183 Å². The third-order valence-electron chi connectivity index (χ3n) is 5.12. The standard InChI is InChI=1S/C24H21FN2O5/c1-14-21(23(28)26-18-8-7-17(30-2)12-20(18)31-3)22-19(32-14)9-10-27(24(22)29)13-15-5-4-6-16(25)11-15/h4-12H,13H2,1-3H3,(H,26,28).